The van der Waals surface area contributed by atoms with Gasteiger partial charge in [-0.1, -0.05) is 30.3 Å². The van der Waals surface area contributed by atoms with Crippen LogP contribution in [0, 0.1) is 11.8 Å². The number of piperidine rings is 2. The molecule has 0 radical (unpaired) electrons. The van der Waals surface area contributed by atoms with Crippen molar-refractivity contribution in [2.75, 3.05) is 32.8 Å². The minimum Gasteiger partial charge on any atom is -0.484 e. The van der Waals surface area contributed by atoms with Crippen LogP contribution in [0.15, 0.2) is 48.5 Å². The number of likely N-dealkylation sites (tertiary alicyclic amines) is 1. The van der Waals surface area contributed by atoms with Crippen LogP contribution in [0.5, 0.6) is 5.75 Å². The highest BCUT2D eigenvalue weighted by Crippen LogP contribution is 2.35. The molecule has 1 amide bonds. The van der Waals surface area contributed by atoms with Crippen LogP contribution in [0.2, 0.25) is 0 Å². The Balaban J connectivity index is 1.55. The number of pyridine rings is 1. The Hall–Kier alpha value is -3.49. The van der Waals surface area contributed by atoms with Crippen molar-refractivity contribution in [3.8, 4) is 17.0 Å². The van der Waals surface area contributed by atoms with Gasteiger partial charge in [0.2, 0.25) is 0 Å². The van der Waals surface area contributed by atoms with E-state index in [4.69, 9.17) is 15.5 Å². The van der Waals surface area contributed by atoms with Crippen LogP contribution in [-0.2, 0) is 11.3 Å². The second kappa shape index (κ2) is 11.3. The molecule has 194 valence electrons. The molecule has 0 saturated carbocycles. The first-order valence-corrected chi connectivity index (χ1v) is 13.1. The normalized spacial score (nSPS) is 19.1. The Kier molecular flexibility index (Phi) is 7.67. The van der Waals surface area contributed by atoms with Crippen LogP contribution in [0.4, 0.5) is 0 Å². The minimum absolute atomic E-state index is 0.256. The number of fused-ring (bicyclic) bond motifs is 1. The van der Waals surface area contributed by atoms with Crippen molar-refractivity contribution in [1.82, 2.24) is 15.2 Å². The summed E-state index contributed by atoms with van der Waals surface area (Å²) in [6.07, 6.45) is 4.79. The van der Waals surface area contributed by atoms with Crippen molar-refractivity contribution in [3.05, 3.63) is 59.7 Å². The minimum atomic E-state index is -0.975. The fourth-order valence-electron chi connectivity index (χ4n) is 5.92. The Morgan fingerprint density at radius 2 is 1.86 bits per heavy atom. The van der Waals surface area contributed by atoms with Gasteiger partial charge < -0.3 is 20.9 Å². The van der Waals surface area contributed by atoms with Crippen molar-refractivity contribution in [2.45, 2.75) is 32.2 Å². The molecule has 0 spiro atoms. The molecule has 1 atom stereocenters. The Labute approximate surface area is 216 Å². The van der Waals surface area contributed by atoms with Crippen LogP contribution in [-0.4, -0.2) is 59.7 Å². The molecule has 2 aliphatic rings. The van der Waals surface area contributed by atoms with Crippen LogP contribution in [0.1, 0.15) is 41.6 Å². The zero-order valence-electron chi connectivity index (χ0n) is 21.0. The van der Waals surface area contributed by atoms with Gasteiger partial charge in [-0.3, -0.25) is 9.69 Å². The van der Waals surface area contributed by atoms with E-state index in [0.29, 0.717) is 34.8 Å². The third kappa shape index (κ3) is 5.76. The number of nitrogens with one attached hydrogen (secondary N) is 1. The highest BCUT2D eigenvalue weighted by molar-refractivity contribution is 6.06. The van der Waals surface area contributed by atoms with Gasteiger partial charge in [-0.2, -0.15) is 0 Å². The van der Waals surface area contributed by atoms with E-state index in [0.717, 1.165) is 49.6 Å². The summed E-state index contributed by atoms with van der Waals surface area (Å²) in [7, 11) is 0. The van der Waals surface area contributed by atoms with E-state index in [1.54, 1.807) is 18.2 Å². The number of primary amides is 1. The molecule has 3 aromatic rings. The summed E-state index contributed by atoms with van der Waals surface area (Å²) in [5.41, 5.74) is 8.28. The van der Waals surface area contributed by atoms with Gasteiger partial charge in [0.05, 0.1) is 16.8 Å². The number of amides is 1. The monoisotopic (exact) mass is 502 g/mol. The van der Waals surface area contributed by atoms with Gasteiger partial charge in [-0.05, 0) is 69.3 Å². The van der Waals surface area contributed by atoms with Gasteiger partial charge in [0, 0.05) is 35.7 Å². The van der Waals surface area contributed by atoms with Crippen LogP contribution in [0.25, 0.3) is 22.2 Å². The fraction of sp³-hybridized carbons (Fsp3) is 0.414. The van der Waals surface area contributed by atoms with E-state index >= 15 is 0 Å². The number of carboxylic acid groups (broad SMARTS) is 1. The molecule has 0 aliphatic carbocycles. The lowest BCUT2D eigenvalue weighted by Gasteiger charge is -2.39. The highest BCUT2D eigenvalue weighted by atomic mass is 16.5. The average Bonchev–Trinajstić information content (AvgIpc) is 2.92. The van der Waals surface area contributed by atoms with Gasteiger partial charge in [-0.15, -0.1) is 0 Å². The van der Waals surface area contributed by atoms with Gasteiger partial charge >= 0.3 is 5.97 Å². The summed E-state index contributed by atoms with van der Waals surface area (Å²) in [6.45, 7) is 4.39. The molecule has 2 aromatic carbocycles. The van der Waals surface area contributed by atoms with E-state index in [1.165, 1.54) is 19.3 Å². The molecule has 4 N–H and O–H groups in total. The van der Waals surface area contributed by atoms with Crippen molar-refractivity contribution >= 4 is 22.8 Å². The second-order valence-corrected chi connectivity index (χ2v) is 10.1. The molecular formula is C29H34N4O4. The molecule has 0 bridgehead atoms. The molecule has 8 nitrogen and oxygen atoms in total. The third-order valence-corrected chi connectivity index (χ3v) is 7.67. The number of carbonyl (C=O) groups is 2. The van der Waals surface area contributed by atoms with E-state index < -0.39 is 11.9 Å². The van der Waals surface area contributed by atoms with E-state index in [-0.39, 0.29) is 12.2 Å². The molecular weight excluding hydrogens is 468 g/mol. The zero-order chi connectivity index (χ0) is 25.8. The summed E-state index contributed by atoms with van der Waals surface area (Å²) in [5, 5.41) is 14.4. The molecule has 5 rings (SSSR count). The van der Waals surface area contributed by atoms with Gasteiger partial charge in [0.25, 0.3) is 5.91 Å². The van der Waals surface area contributed by atoms with E-state index in [1.807, 2.05) is 30.3 Å². The fourth-order valence-corrected chi connectivity index (χ4v) is 5.92. The molecule has 2 aliphatic heterocycles. The number of hydrogen-bond donors (Lipinski definition) is 3. The predicted octanol–water partition coefficient (Wildman–Crippen LogP) is 3.68. The summed E-state index contributed by atoms with van der Waals surface area (Å²) in [6, 6.07) is 14.8. The second-order valence-electron chi connectivity index (χ2n) is 10.1. The third-order valence-electron chi connectivity index (χ3n) is 7.67. The molecule has 1 aromatic heterocycles. The smallest absolute Gasteiger partial charge is 0.336 e. The number of ether oxygens (including phenoxy) is 1. The lowest BCUT2D eigenvalue weighted by atomic mass is 9.80. The number of benzene rings is 2. The molecule has 3 heterocycles. The largest absolute Gasteiger partial charge is 0.484 e. The standard InChI is InChI=1S/C29H34N4O4/c30-26(34)18-37-22-8-9-23-25(15-22)32-28(20-5-2-1-3-6-20)24(27(23)29(35)36)17-33-14-4-7-21(16-33)19-10-12-31-13-11-19/h1-3,5-6,8-9,15,19,21,31H,4,7,10-14,16-18H2,(H2,30,34)(H,35,36). The van der Waals surface area contributed by atoms with E-state index in [9.17, 15) is 14.7 Å². The van der Waals surface area contributed by atoms with Crippen LogP contribution in [0.3, 0.4) is 0 Å². The first-order chi connectivity index (χ1) is 18.0. The summed E-state index contributed by atoms with van der Waals surface area (Å²) < 4.78 is 5.47. The number of carbonyl (C=O) groups excluding carboxylic acids is 1. The molecule has 2 saturated heterocycles. The van der Waals surface area contributed by atoms with Crippen LogP contribution >= 0.6 is 0 Å². The Morgan fingerprint density at radius 3 is 2.59 bits per heavy atom. The maximum atomic E-state index is 12.7. The lowest BCUT2D eigenvalue weighted by molar-refractivity contribution is -0.119. The first-order valence-electron chi connectivity index (χ1n) is 13.1. The predicted molar refractivity (Wildman–Crippen MR) is 142 cm³/mol. The van der Waals surface area contributed by atoms with E-state index in [2.05, 4.69) is 10.2 Å². The number of aromatic nitrogens is 1. The topological polar surface area (TPSA) is 118 Å². The number of nitrogens with two attached hydrogens (primary N) is 1. The van der Waals surface area contributed by atoms with Crippen molar-refractivity contribution in [3.63, 3.8) is 0 Å². The molecule has 37 heavy (non-hydrogen) atoms. The molecule has 1 unspecified atom stereocenters. The number of rotatable bonds is 8. The highest BCUT2D eigenvalue weighted by Gasteiger charge is 2.30. The number of hydrogen-bond acceptors (Lipinski definition) is 6. The summed E-state index contributed by atoms with van der Waals surface area (Å²) in [5.74, 6) is 0.233. The number of carboxylic acids is 1. The summed E-state index contributed by atoms with van der Waals surface area (Å²) in [4.78, 5) is 31.3. The number of aromatic carboxylic acids is 1. The first kappa shape index (κ1) is 25.2. The van der Waals surface area contributed by atoms with Gasteiger partial charge in [0.1, 0.15) is 5.75 Å². The van der Waals surface area contributed by atoms with Gasteiger partial charge in [0.15, 0.2) is 6.61 Å². The summed E-state index contributed by atoms with van der Waals surface area (Å²) >= 11 is 0. The zero-order valence-corrected chi connectivity index (χ0v) is 21.0. The quantitative estimate of drug-likeness (QED) is 0.430. The van der Waals surface area contributed by atoms with Crippen molar-refractivity contribution in [1.29, 1.82) is 0 Å². The maximum absolute atomic E-state index is 12.7. The number of nitrogens with zero attached hydrogens (tertiary/aromatic N) is 2. The molecule has 2 fully saturated rings. The van der Waals surface area contributed by atoms with Crippen molar-refractivity contribution < 1.29 is 19.4 Å². The van der Waals surface area contributed by atoms with Gasteiger partial charge in [-0.25, -0.2) is 9.78 Å². The molecule has 8 heteroatoms. The maximum Gasteiger partial charge on any atom is 0.336 e. The van der Waals surface area contributed by atoms with Crippen molar-refractivity contribution in [2.24, 2.45) is 17.6 Å². The Morgan fingerprint density at radius 1 is 1.08 bits per heavy atom. The SMILES string of the molecule is NC(=O)COc1ccc2c(C(=O)O)c(CN3CCCC(C4CCNCC4)C3)c(-c3ccccc3)nc2c1. The average molecular weight is 503 g/mol. The van der Waals surface area contributed by atoms with Crippen LogP contribution < -0.4 is 15.8 Å². The lowest BCUT2D eigenvalue weighted by Crippen LogP contribution is -2.41. The Bertz CT molecular complexity index is 1270.